The number of hydrogen-bond donors (Lipinski definition) is 1. The zero-order valence-corrected chi connectivity index (χ0v) is 11.3. The van der Waals surface area contributed by atoms with Gasteiger partial charge in [-0.3, -0.25) is 4.90 Å². The predicted molar refractivity (Wildman–Crippen MR) is 69.1 cm³/mol. The maximum absolute atomic E-state index is 5.60. The van der Waals surface area contributed by atoms with Crippen molar-refractivity contribution < 1.29 is 4.74 Å². The second kappa shape index (κ2) is 4.22. The SMILES string of the molecule is CC1(C)COCCN1CC1CC12CCNCC2. The van der Waals surface area contributed by atoms with Gasteiger partial charge in [0.2, 0.25) is 0 Å². The van der Waals surface area contributed by atoms with Crippen molar-refractivity contribution in [2.45, 2.75) is 38.6 Å². The van der Waals surface area contributed by atoms with Crippen LogP contribution >= 0.6 is 0 Å². The van der Waals surface area contributed by atoms with Crippen LogP contribution in [0.2, 0.25) is 0 Å². The van der Waals surface area contributed by atoms with Crippen LogP contribution in [-0.4, -0.2) is 49.8 Å². The Hall–Kier alpha value is -0.120. The third kappa shape index (κ3) is 2.25. The average molecular weight is 238 g/mol. The van der Waals surface area contributed by atoms with Crippen LogP contribution in [0.1, 0.15) is 33.1 Å². The van der Waals surface area contributed by atoms with Gasteiger partial charge in [0.15, 0.2) is 0 Å². The van der Waals surface area contributed by atoms with Gasteiger partial charge in [-0.2, -0.15) is 0 Å². The Labute approximate surface area is 105 Å². The zero-order chi connectivity index (χ0) is 11.9. The minimum absolute atomic E-state index is 0.245. The number of piperidine rings is 1. The predicted octanol–water partition coefficient (Wildman–Crippen LogP) is 1.49. The first-order chi connectivity index (χ1) is 8.12. The molecule has 0 aromatic carbocycles. The highest BCUT2D eigenvalue weighted by Gasteiger charge is 2.54. The van der Waals surface area contributed by atoms with Gasteiger partial charge in [0.25, 0.3) is 0 Å². The molecule has 98 valence electrons. The van der Waals surface area contributed by atoms with E-state index in [0.717, 1.165) is 31.1 Å². The molecule has 1 spiro atoms. The van der Waals surface area contributed by atoms with Gasteiger partial charge in [0.05, 0.1) is 13.2 Å². The Morgan fingerprint density at radius 1 is 1.29 bits per heavy atom. The molecule has 3 fully saturated rings. The largest absolute Gasteiger partial charge is 0.378 e. The summed E-state index contributed by atoms with van der Waals surface area (Å²) in [6.07, 6.45) is 4.28. The van der Waals surface area contributed by atoms with Crippen LogP contribution in [-0.2, 0) is 4.74 Å². The Balaban J connectivity index is 1.57. The highest BCUT2D eigenvalue weighted by Crippen LogP contribution is 2.59. The first-order valence-electron chi connectivity index (χ1n) is 7.16. The summed E-state index contributed by atoms with van der Waals surface area (Å²) in [4.78, 5) is 2.66. The van der Waals surface area contributed by atoms with Crippen molar-refractivity contribution in [3.05, 3.63) is 0 Å². The maximum Gasteiger partial charge on any atom is 0.0645 e. The van der Waals surface area contributed by atoms with E-state index in [4.69, 9.17) is 4.74 Å². The van der Waals surface area contributed by atoms with Crippen molar-refractivity contribution in [3.63, 3.8) is 0 Å². The quantitative estimate of drug-likeness (QED) is 0.789. The molecule has 3 nitrogen and oxygen atoms in total. The van der Waals surface area contributed by atoms with Gasteiger partial charge in [0, 0.05) is 18.6 Å². The summed E-state index contributed by atoms with van der Waals surface area (Å²) >= 11 is 0. The molecule has 0 bridgehead atoms. The van der Waals surface area contributed by atoms with Gasteiger partial charge in [-0.25, -0.2) is 0 Å². The molecule has 2 heterocycles. The average Bonchev–Trinajstić information content (AvgIpc) is 2.95. The number of hydrogen-bond acceptors (Lipinski definition) is 3. The molecular weight excluding hydrogens is 212 g/mol. The smallest absolute Gasteiger partial charge is 0.0645 e. The topological polar surface area (TPSA) is 24.5 Å². The molecule has 1 unspecified atom stereocenters. The molecule has 0 radical (unpaired) electrons. The van der Waals surface area contributed by atoms with Gasteiger partial charge < -0.3 is 10.1 Å². The zero-order valence-electron chi connectivity index (χ0n) is 11.3. The fourth-order valence-electron chi connectivity index (χ4n) is 3.72. The standard InChI is InChI=1S/C14H26N2O/c1-13(2)11-17-8-7-16(13)10-12-9-14(12)3-5-15-6-4-14/h12,15H,3-11H2,1-2H3. The minimum Gasteiger partial charge on any atom is -0.378 e. The fourth-order valence-corrected chi connectivity index (χ4v) is 3.72. The normalized spacial score (nSPS) is 36.0. The lowest BCUT2D eigenvalue weighted by molar-refractivity contribution is -0.0546. The first kappa shape index (κ1) is 11.9. The molecular formula is C14H26N2O. The molecule has 3 rings (SSSR count). The fraction of sp³-hybridized carbons (Fsp3) is 1.00. The van der Waals surface area contributed by atoms with Crippen LogP contribution < -0.4 is 5.32 Å². The van der Waals surface area contributed by atoms with Crippen molar-refractivity contribution in [1.29, 1.82) is 0 Å². The van der Waals surface area contributed by atoms with Crippen molar-refractivity contribution in [2.75, 3.05) is 39.4 Å². The van der Waals surface area contributed by atoms with Gasteiger partial charge in [-0.1, -0.05) is 0 Å². The molecule has 3 heteroatoms. The molecule has 1 N–H and O–H groups in total. The van der Waals surface area contributed by atoms with Crippen LogP contribution in [0.15, 0.2) is 0 Å². The van der Waals surface area contributed by atoms with Crippen molar-refractivity contribution in [3.8, 4) is 0 Å². The van der Waals surface area contributed by atoms with E-state index in [9.17, 15) is 0 Å². The minimum atomic E-state index is 0.245. The molecule has 1 atom stereocenters. The van der Waals surface area contributed by atoms with E-state index in [1.807, 2.05) is 0 Å². The Kier molecular flexibility index (Phi) is 2.96. The van der Waals surface area contributed by atoms with Gasteiger partial charge in [-0.05, 0) is 57.5 Å². The van der Waals surface area contributed by atoms with Crippen molar-refractivity contribution in [1.82, 2.24) is 10.2 Å². The van der Waals surface area contributed by atoms with Crippen molar-refractivity contribution in [2.24, 2.45) is 11.3 Å². The van der Waals surface area contributed by atoms with Crippen LogP contribution in [0.25, 0.3) is 0 Å². The summed E-state index contributed by atoms with van der Waals surface area (Å²) in [6, 6.07) is 0. The van der Waals surface area contributed by atoms with Crippen LogP contribution in [0.3, 0.4) is 0 Å². The summed E-state index contributed by atoms with van der Waals surface area (Å²) in [5.41, 5.74) is 0.967. The third-order valence-corrected chi connectivity index (χ3v) is 5.22. The van der Waals surface area contributed by atoms with E-state index in [1.165, 1.54) is 38.9 Å². The molecule has 0 aromatic heterocycles. The lowest BCUT2D eigenvalue weighted by Gasteiger charge is -2.42. The highest BCUT2D eigenvalue weighted by molar-refractivity contribution is 5.06. The number of morpholine rings is 1. The second-order valence-electron chi connectivity index (χ2n) is 6.82. The maximum atomic E-state index is 5.60. The third-order valence-electron chi connectivity index (χ3n) is 5.22. The van der Waals surface area contributed by atoms with E-state index in [0.29, 0.717) is 0 Å². The van der Waals surface area contributed by atoms with E-state index in [-0.39, 0.29) is 5.54 Å². The molecule has 1 saturated carbocycles. The second-order valence-corrected chi connectivity index (χ2v) is 6.82. The molecule has 2 saturated heterocycles. The molecule has 1 aliphatic carbocycles. The van der Waals surface area contributed by atoms with E-state index >= 15 is 0 Å². The van der Waals surface area contributed by atoms with E-state index < -0.39 is 0 Å². The van der Waals surface area contributed by atoms with Crippen molar-refractivity contribution >= 4 is 0 Å². The molecule has 17 heavy (non-hydrogen) atoms. The molecule has 3 aliphatic rings. The lowest BCUT2D eigenvalue weighted by Crippen LogP contribution is -2.53. The monoisotopic (exact) mass is 238 g/mol. The number of nitrogens with one attached hydrogen (secondary N) is 1. The summed E-state index contributed by atoms with van der Waals surface area (Å²) in [5.74, 6) is 0.960. The van der Waals surface area contributed by atoms with Crippen LogP contribution in [0.4, 0.5) is 0 Å². The Bertz CT molecular complexity index is 284. The lowest BCUT2D eigenvalue weighted by atomic mass is 9.91. The van der Waals surface area contributed by atoms with Gasteiger partial charge in [0.1, 0.15) is 0 Å². The van der Waals surface area contributed by atoms with Crippen LogP contribution in [0.5, 0.6) is 0 Å². The van der Waals surface area contributed by atoms with E-state index in [2.05, 4.69) is 24.1 Å². The number of nitrogens with zero attached hydrogens (tertiary/aromatic N) is 1. The summed E-state index contributed by atoms with van der Waals surface area (Å²) < 4.78 is 5.60. The molecule has 0 amide bonds. The number of rotatable bonds is 2. The first-order valence-corrected chi connectivity index (χ1v) is 7.16. The molecule has 0 aromatic rings. The Morgan fingerprint density at radius 3 is 2.76 bits per heavy atom. The molecule has 2 aliphatic heterocycles. The number of ether oxygens (including phenoxy) is 1. The van der Waals surface area contributed by atoms with Crippen LogP contribution in [0, 0.1) is 11.3 Å². The highest BCUT2D eigenvalue weighted by atomic mass is 16.5. The summed E-state index contributed by atoms with van der Waals surface area (Å²) in [7, 11) is 0. The summed E-state index contributed by atoms with van der Waals surface area (Å²) in [5, 5.41) is 3.49. The van der Waals surface area contributed by atoms with Gasteiger partial charge >= 0.3 is 0 Å². The van der Waals surface area contributed by atoms with Gasteiger partial charge in [-0.15, -0.1) is 0 Å². The Morgan fingerprint density at radius 2 is 2.06 bits per heavy atom. The van der Waals surface area contributed by atoms with E-state index in [1.54, 1.807) is 0 Å². The summed E-state index contributed by atoms with van der Waals surface area (Å²) in [6.45, 7) is 11.4.